The number of carbonyl (C=O) groups is 1. The van der Waals surface area contributed by atoms with Gasteiger partial charge < -0.3 is 9.73 Å². The van der Waals surface area contributed by atoms with Crippen molar-refractivity contribution in [1.82, 2.24) is 10.3 Å². The predicted molar refractivity (Wildman–Crippen MR) is 95.2 cm³/mol. The number of nitrogens with one attached hydrogen (secondary N) is 1. The maximum atomic E-state index is 12.8. The first-order valence-corrected chi connectivity index (χ1v) is 8.04. The Morgan fingerprint density at radius 3 is 2.50 bits per heavy atom. The molecule has 3 aromatic rings. The maximum absolute atomic E-state index is 12.8. The Balaban J connectivity index is 1.93. The molecule has 0 saturated carbocycles. The van der Waals surface area contributed by atoms with Crippen LogP contribution >= 0.6 is 0 Å². The molecule has 0 unspecified atom stereocenters. The fourth-order valence-electron chi connectivity index (χ4n) is 2.85. The maximum Gasteiger partial charge on any atom is 0.287 e. The lowest BCUT2D eigenvalue weighted by Gasteiger charge is -2.26. The Morgan fingerprint density at radius 2 is 1.88 bits per heavy atom. The Hall–Kier alpha value is -2.62. The predicted octanol–water partition coefficient (Wildman–Crippen LogP) is 4.42. The summed E-state index contributed by atoms with van der Waals surface area (Å²) in [5, 5.41) is 4.04. The number of pyridine rings is 1. The van der Waals surface area contributed by atoms with Crippen LogP contribution < -0.4 is 5.32 Å². The second-order valence-corrected chi connectivity index (χ2v) is 6.78. The number of hydrogen-bond acceptors (Lipinski definition) is 3. The third kappa shape index (κ3) is 2.80. The van der Waals surface area contributed by atoms with Gasteiger partial charge in [-0.2, -0.15) is 0 Å². The first-order valence-electron chi connectivity index (χ1n) is 8.04. The molecule has 0 saturated heterocycles. The zero-order chi connectivity index (χ0) is 17.5. The molecule has 1 amide bonds. The summed E-state index contributed by atoms with van der Waals surface area (Å²) in [7, 11) is 0. The summed E-state index contributed by atoms with van der Waals surface area (Å²) < 4.78 is 5.86. The Bertz CT molecular complexity index is 905. The molecule has 0 aliphatic carbocycles. The molecule has 0 aliphatic heterocycles. The average molecular weight is 322 g/mol. The van der Waals surface area contributed by atoms with Gasteiger partial charge in [0.1, 0.15) is 5.58 Å². The normalized spacial score (nSPS) is 11.7. The number of para-hydroxylation sites is 1. The zero-order valence-electron chi connectivity index (χ0n) is 14.7. The molecule has 0 bridgehead atoms. The van der Waals surface area contributed by atoms with Gasteiger partial charge in [0.05, 0.1) is 5.54 Å². The standard InChI is InChI=1S/C20H22N2O2/c1-12-7-6-8-16-14(3)18(24-17(12)16)19(23)22-20(4,5)15-10-9-13(2)21-11-15/h6-11H,1-5H3,(H,22,23). The van der Waals surface area contributed by atoms with E-state index in [1.807, 2.05) is 65.0 Å². The number of fused-ring (bicyclic) bond motifs is 1. The lowest BCUT2D eigenvalue weighted by atomic mass is 9.95. The summed E-state index contributed by atoms with van der Waals surface area (Å²) >= 11 is 0. The number of benzene rings is 1. The highest BCUT2D eigenvalue weighted by Crippen LogP contribution is 2.28. The molecular weight excluding hydrogens is 300 g/mol. The van der Waals surface area contributed by atoms with Crippen LogP contribution in [0.3, 0.4) is 0 Å². The molecule has 1 aromatic carbocycles. The molecule has 0 spiro atoms. The molecule has 2 aromatic heterocycles. The molecule has 3 rings (SSSR count). The molecular formula is C20H22N2O2. The summed E-state index contributed by atoms with van der Waals surface area (Å²) in [6.45, 7) is 9.76. The van der Waals surface area contributed by atoms with Crippen LogP contribution in [0.15, 0.2) is 40.9 Å². The van der Waals surface area contributed by atoms with Crippen molar-refractivity contribution in [2.24, 2.45) is 0 Å². The quantitative estimate of drug-likeness (QED) is 0.776. The zero-order valence-corrected chi connectivity index (χ0v) is 14.7. The van der Waals surface area contributed by atoms with Crippen LogP contribution in [-0.4, -0.2) is 10.9 Å². The molecule has 4 heteroatoms. The number of furan rings is 1. The van der Waals surface area contributed by atoms with Crippen molar-refractivity contribution in [3.63, 3.8) is 0 Å². The van der Waals surface area contributed by atoms with Gasteiger partial charge in [-0.1, -0.05) is 24.3 Å². The molecule has 2 heterocycles. The van der Waals surface area contributed by atoms with Crippen molar-refractivity contribution in [3.8, 4) is 0 Å². The van der Waals surface area contributed by atoms with Crippen LogP contribution in [0.25, 0.3) is 11.0 Å². The van der Waals surface area contributed by atoms with Gasteiger partial charge in [-0.25, -0.2) is 0 Å². The lowest BCUT2D eigenvalue weighted by Crippen LogP contribution is -2.41. The summed E-state index contributed by atoms with van der Waals surface area (Å²) in [5.41, 5.74) is 4.02. The van der Waals surface area contributed by atoms with Gasteiger partial charge in [-0.05, 0) is 51.8 Å². The number of hydrogen-bond donors (Lipinski definition) is 1. The number of aryl methyl sites for hydroxylation is 3. The van der Waals surface area contributed by atoms with Gasteiger partial charge >= 0.3 is 0 Å². The average Bonchev–Trinajstić information content (AvgIpc) is 2.86. The van der Waals surface area contributed by atoms with E-state index in [2.05, 4.69) is 10.3 Å². The summed E-state index contributed by atoms with van der Waals surface area (Å²) in [6.07, 6.45) is 1.80. The van der Waals surface area contributed by atoms with E-state index in [-0.39, 0.29) is 5.91 Å². The molecule has 1 N–H and O–H groups in total. The number of aromatic nitrogens is 1. The molecule has 0 radical (unpaired) electrons. The Labute approximate surface area is 141 Å². The minimum Gasteiger partial charge on any atom is -0.450 e. The van der Waals surface area contributed by atoms with Crippen molar-refractivity contribution >= 4 is 16.9 Å². The monoisotopic (exact) mass is 322 g/mol. The van der Waals surface area contributed by atoms with E-state index in [9.17, 15) is 4.79 Å². The fourth-order valence-corrected chi connectivity index (χ4v) is 2.85. The fraction of sp³-hybridized carbons (Fsp3) is 0.300. The molecule has 4 nitrogen and oxygen atoms in total. The third-order valence-corrected chi connectivity index (χ3v) is 4.43. The number of rotatable bonds is 3. The number of nitrogens with zero attached hydrogens (tertiary/aromatic N) is 1. The van der Waals surface area contributed by atoms with Crippen molar-refractivity contribution in [2.75, 3.05) is 0 Å². The van der Waals surface area contributed by atoms with Crippen LogP contribution in [0.5, 0.6) is 0 Å². The van der Waals surface area contributed by atoms with Crippen molar-refractivity contribution in [1.29, 1.82) is 0 Å². The second-order valence-electron chi connectivity index (χ2n) is 6.78. The van der Waals surface area contributed by atoms with E-state index < -0.39 is 5.54 Å². The SMILES string of the molecule is Cc1ccc(C(C)(C)NC(=O)c2oc3c(C)cccc3c2C)cn1. The molecule has 124 valence electrons. The molecule has 0 atom stereocenters. The van der Waals surface area contributed by atoms with E-state index in [4.69, 9.17) is 4.42 Å². The smallest absolute Gasteiger partial charge is 0.287 e. The molecule has 24 heavy (non-hydrogen) atoms. The van der Waals surface area contributed by atoms with E-state index in [0.717, 1.165) is 33.4 Å². The van der Waals surface area contributed by atoms with Crippen LogP contribution in [-0.2, 0) is 5.54 Å². The highest BCUT2D eigenvalue weighted by Gasteiger charge is 2.27. The number of amides is 1. The first-order chi connectivity index (χ1) is 11.3. The summed E-state index contributed by atoms with van der Waals surface area (Å²) in [6, 6.07) is 9.86. The minimum absolute atomic E-state index is 0.214. The highest BCUT2D eigenvalue weighted by molar-refractivity contribution is 5.99. The van der Waals surface area contributed by atoms with Gasteiger partial charge in [0, 0.05) is 22.8 Å². The first kappa shape index (κ1) is 16.2. The third-order valence-electron chi connectivity index (χ3n) is 4.43. The van der Waals surface area contributed by atoms with E-state index >= 15 is 0 Å². The Morgan fingerprint density at radius 1 is 1.12 bits per heavy atom. The highest BCUT2D eigenvalue weighted by atomic mass is 16.3. The lowest BCUT2D eigenvalue weighted by molar-refractivity contribution is 0.0884. The van der Waals surface area contributed by atoms with Gasteiger partial charge in [0.25, 0.3) is 5.91 Å². The van der Waals surface area contributed by atoms with Crippen molar-refractivity contribution in [3.05, 3.63) is 64.7 Å². The van der Waals surface area contributed by atoms with E-state index in [1.165, 1.54) is 0 Å². The van der Waals surface area contributed by atoms with Gasteiger partial charge in [0.15, 0.2) is 5.76 Å². The molecule has 0 fully saturated rings. The largest absolute Gasteiger partial charge is 0.450 e. The summed E-state index contributed by atoms with van der Waals surface area (Å²) in [5.74, 6) is 0.154. The van der Waals surface area contributed by atoms with Gasteiger partial charge in [-0.15, -0.1) is 0 Å². The minimum atomic E-state index is -0.543. The van der Waals surface area contributed by atoms with Crippen LogP contribution in [0.2, 0.25) is 0 Å². The molecule has 0 aliphatic rings. The van der Waals surface area contributed by atoms with Crippen LogP contribution in [0, 0.1) is 20.8 Å². The van der Waals surface area contributed by atoms with Gasteiger partial charge in [-0.3, -0.25) is 9.78 Å². The van der Waals surface area contributed by atoms with Crippen molar-refractivity contribution < 1.29 is 9.21 Å². The van der Waals surface area contributed by atoms with Crippen LogP contribution in [0.4, 0.5) is 0 Å². The van der Waals surface area contributed by atoms with Crippen LogP contribution in [0.1, 0.15) is 46.8 Å². The Kier molecular flexibility index (Phi) is 3.91. The second kappa shape index (κ2) is 5.78. The van der Waals surface area contributed by atoms with Gasteiger partial charge in [0.2, 0.25) is 0 Å². The van der Waals surface area contributed by atoms with Crippen molar-refractivity contribution in [2.45, 2.75) is 40.2 Å². The number of carbonyl (C=O) groups excluding carboxylic acids is 1. The van der Waals surface area contributed by atoms with E-state index in [0.29, 0.717) is 5.76 Å². The van der Waals surface area contributed by atoms with E-state index in [1.54, 1.807) is 6.20 Å². The topological polar surface area (TPSA) is 55.1 Å². The summed E-state index contributed by atoms with van der Waals surface area (Å²) in [4.78, 5) is 17.1.